The first-order valence-electron chi connectivity index (χ1n) is 4.99. The van der Waals surface area contributed by atoms with Gasteiger partial charge in [-0.1, -0.05) is 29.3 Å². The second kappa shape index (κ2) is 7.01. The summed E-state index contributed by atoms with van der Waals surface area (Å²) in [5.74, 6) is -1.97. The van der Waals surface area contributed by atoms with Crippen LogP contribution in [-0.2, 0) is 19.1 Å². The fourth-order valence-corrected chi connectivity index (χ4v) is 1.56. The van der Waals surface area contributed by atoms with Gasteiger partial charge in [0.05, 0.1) is 30.3 Å². The lowest BCUT2D eigenvalue weighted by Crippen LogP contribution is -2.13. The largest absolute Gasteiger partial charge is 0.466 e. The molecule has 0 aromatic heterocycles. The summed E-state index contributed by atoms with van der Waals surface area (Å²) in [5, 5.41) is 0.374. The van der Waals surface area contributed by atoms with E-state index in [-0.39, 0.29) is 21.6 Å². The normalized spacial score (nSPS) is 10.8. The Hall–Kier alpha value is -1.72. The molecule has 0 fully saturated rings. The lowest BCUT2D eigenvalue weighted by atomic mass is 10.3. The van der Waals surface area contributed by atoms with Crippen LogP contribution < -0.4 is 4.74 Å². The van der Waals surface area contributed by atoms with Crippen molar-refractivity contribution in [2.75, 3.05) is 14.2 Å². The Balaban J connectivity index is 3.11. The van der Waals surface area contributed by atoms with E-state index in [1.807, 2.05) is 0 Å². The fourth-order valence-electron chi connectivity index (χ4n) is 1.09. The van der Waals surface area contributed by atoms with Crippen molar-refractivity contribution in [1.29, 1.82) is 0 Å². The van der Waals surface area contributed by atoms with Crippen LogP contribution in [0.15, 0.2) is 30.0 Å². The summed E-state index contributed by atoms with van der Waals surface area (Å²) in [6.07, 6.45) is 0.839. The van der Waals surface area contributed by atoms with E-state index >= 15 is 0 Å². The summed E-state index contributed by atoms with van der Waals surface area (Å²) in [4.78, 5) is 22.6. The van der Waals surface area contributed by atoms with E-state index in [1.165, 1.54) is 12.1 Å². The van der Waals surface area contributed by atoms with Crippen molar-refractivity contribution in [3.8, 4) is 5.75 Å². The molecule has 5 nitrogen and oxygen atoms in total. The van der Waals surface area contributed by atoms with Crippen LogP contribution in [0.5, 0.6) is 5.75 Å². The molecule has 7 heteroatoms. The van der Waals surface area contributed by atoms with E-state index < -0.39 is 11.9 Å². The molecule has 1 rings (SSSR count). The first kappa shape index (κ1) is 15.3. The summed E-state index contributed by atoms with van der Waals surface area (Å²) < 4.78 is 14.1. The van der Waals surface area contributed by atoms with Crippen LogP contribution in [0.1, 0.15) is 0 Å². The number of carbonyl (C=O) groups is 2. The van der Waals surface area contributed by atoms with Crippen molar-refractivity contribution in [1.82, 2.24) is 0 Å². The maximum Gasteiger partial charge on any atom is 0.374 e. The first-order valence-corrected chi connectivity index (χ1v) is 5.75. The Morgan fingerprint density at radius 1 is 1.11 bits per heavy atom. The van der Waals surface area contributed by atoms with Crippen LogP contribution in [0.3, 0.4) is 0 Å². The monoisotopic (exact) mass is 304 g/mol. The highest BCUT2D eigenvalue weighted by molar-refractivity contribution is 6.37. The molecule has 19 heavy (non-hydrogen) atoms. The molecular formula is C12H10Cl2O5. The molecule has 0 radical (unpaired) electrons. The number of methoxy groups -OCH3 is 2. The van der Waals surface area contributed by atoms with E-state index in [0.29, 0.717) is 0 Å². The number of hydrogen-bond donors (Lipinski definition) is 0. The molecule has 0 N–H and O–H groups in total. The predicted molar refractivity (Wildman–Crippen MR) is 69.2 cm³/mol. The maximum atomic E-state index is 11.5. The average molecular weight is 305 g/mol. The molecule has 0 spiro atoms. The number of ether oxygens (including phenoxy) is 3. The molecule has 0 aliphatic heterocycles. The van der Waals surface area contributed by atoms with Gasteiger partial charge in [0.1, 0.15) is 0 Å². The highest BCUT2D eigenvalue weighted by Gasteiger charge is 2.18. The maximum absolute atomic E-state index is 11.5. The number of benzene rings is 1. The number of para-hydroxylation sites is 1. The molecule has 1 aromatic rings. The molecule has 0 unspecified atom stereocenters. The summed E-state index contributed by atoms with van der Waals surface area (Å²) in [6, 6.07) is 4.66. The molecule has 0 aliphatic carbocycles. The van der Waals surface area contributed by atoms with E-state index in [1.54, 1.807) is 6.07 Å². The van der Waals surface area contributed by atoms with E-state index in [0.717, 1.165) is 20.3 Å². The predicted octanol–water partition coefficient (Wildman–Crippen LogP) is 2.60. The number of carbonyl (C=O) groups excluding carboxylic acids is 2. The molecule has 0 atom stereocenters. The van der Waals surface area contributed by atoms with Crippen molar-refractivity contribution in [2.24, 2.45) is 0 Å². The molecule has 0 saturated carbocycles. The summed E-state index contributed by atoms with van der Waals surface area (Å²) >= 11 is 11.8. The number of halogens is 2. The van der Waals surface area contributed by atoms with Crippen LogP contribution in [0.4, 0.5) is 0 Å². The van der Waals surface area contributed by atoms with Crippen LogP contribution in [0, 0.1) is 0 Å². The van der Waals surface area contributed by atoms with Crippen LogP contribution >= 0.6 is 23.2 Å². The zero-order chi connectivity index (χ0) is 14.4. The Morgan fingerprint density at radius 3 is 2.16 bits per heavy atom. The van der Waals surface area contributed by atoms with E-state index in [4.69, 9.17) is 27.9 Å². The summed E-state index contributed by atoms with van der Waals surface area (Å²) in [7, 11) is 2.31. The smallest absolute Gasteiger partial charge is 0.374 e. The number of hydrogen-bond acceptors (Lipinski definition) is 5. The molecule has 0 bridgehead atoms. The Morgan fingerprint density at radius 2 is 1.68 bits per heavy atom. The topological polar surface area (TPSA) is 61.8 Å². The van der Waals surface area contributed by atoms with Gasteiger partial charge >= 0.3 is 11.9 Å². The van der Waals surface area contributed by atoms with Gasteiger partial charge in [-0.15, -0.1) is 0 Å². The Bertz CT molecular complexity index is 505. The van der Waals surface area contributed by atoms with Gasteiger partial charge in [0.15, 0.2) is 5.75 Å². The first-order chi connectivity index (χ1) is 8.99. The Kier molecular flexibility index (Phi) is 5.66. The summed E-state index contributed by atoms with van der Waals surface area (Å²) in [5.41, 5.74) is 0. The molecule has 0 saturated heterocycles. The fraction of sp³-hybridized carbons (Fsp3) is 0.167. The van der Waals surface area contributed by atoms with Gasteiger partial charge in [-0.05, 0) is 12.1 Å². The molecule has 1 aromatic carbocycles. The summed E-state index contributed by atoms with van der Waals surface area (Å²) in [6.45, 7) is 0. The van der Waals surface area contributed by atoms with E-state index in [2.05, 4.69) is 9.47 Å². The molecule has 0 aliphatic rings. The van der Waals surface area contributed by atoms with Crippen LogP contribution in [0.2, 0.25) is 10.0 Å². The quantitative estimate of drug-likeness (QED) is 0.486. The third kappa shape index (κ3) is 4.15. The SMILES string of the molecule is COC(=O)/C=C(\Oc1c(Cl)cccc1Cl)C(=O)OC. The lowest BCUT2D eigenvalue weighted by molar-refractivity contribution is -0.140. The number of esters is 2. The molecule has 0 amide bonds. The van der Waals surface area contributed by atoms with Gasteiger partial charge in [-0.3, -0.25) is 0 Å². The third-order valence-electron chi connectivity index (χ3n) is 1.97. The second-order valence-electron chi connectivity index (χ2n) is 3.18. The van der Waals surface area contributed by atoms with Gasteiger partial charge in [0, 0.05) is 0 Å². The zero-order valence-electron chi connectivity index (χ0n) is 10.1. The minimum atomic E-state index is -0.860. The average Bonchev–Trinajstić information content (AvgIpc) is 2.40. The van der Waals surface area contributed by atoms with Gasteiger partial charge in [0.2, 0.25) is 5.76 Å². The zero-order valence-corrected chi connectivity index (χ0v) is 11.6. The van der Waals surface area contributed by atoms with E-state index in [9.17, 15) is 9.59 Å². The van der Waals surface area contributed by atoms with Gasteiger partial charge < -0.3 is 14.2 Å². The van der Waals surface area contributed by atoms with Crippen molar-refractivity contribution in [2.45, 2.75) is 0 Å². The van der Waals surface area contributed by atoms with Crippen molar-refractivity contribution in [3.05, 3.63) is 40.1 Å². The minimum Gasteiger partial charge on any atom is -0.466 e. The highest BCUT2D eigenvalue weighted by Crippen LogP contribution is 2.33. The number of rotatable bonds is 4. The van der Waals surface area contributed by atoms with Gasteiger partial charge in [-0.25, -0.2) is 9.59 Å². The van der Waals surface area contributed by atoms with Gasteiger partial charge in [0.25, 0.3) is 0 Å². The Labute approximate surface area is 119 Å². The van der Waals surface area contributed by atoms with Crippen LogP contribution in [-0.4, -0.2) is 26.2 Å². The van der Waals surface area contributed by atoms with Crippen LogP contribution in [0.25, 0.3) is 0 Å². The molecule has 0 heterocycles. The minimum absolute atomic E-state index is 0.0476. The molecule has 102 valence electrons. The van der Waals surface area contributed by atoms with Crippen molar-refractivity contribution in [3.63, 3.8) is 0 Å². The lowest BCUT2D eigenvalue weighted by Gasteiger charge is -2.10. The molecular weight excluding hydrogens is 295 g/mol. The highest BCUT2D eigenvalue weighted by atomic mass is 35.5. The third-order valence-corrected chi connectivity index (χ3v) is 2.56. The van der Waals surface area contributed by atoms with Crippen molar-refractivity contribution >= 4 is 35.1 Å². The second-order valence-corrected chi connectivity index (χ2v) is 3.99. The van der Waals surface area contributed by atoms with Crippen molar-refractivity contribution < 1.29 is 23.8 Å². The van der Waals surface area contributed by atoms with Gasteiger partial charge in [-0.2, -0.15) is 0 Å². The standard InChI is InChI=1S/C12H10Cl2O5/c1-17-10(15)6-9(12(16)18-2)19-11-7(13)4-3-5-8(11)14/h3-6H,1-2H3/b9-6-.